The zero-order valence-corrected chi connectivity index (χ0v) is 11.9. The van der Waals surface area contributed by atoms with Gasteiger partial charge in [0.25, 0.3) is 0 Å². The lowest BCUT2D eigenvalue weighted by molar-refractivity contribution is 0.492. The van der Waals surface area contributed by atoms with Gasteiger partial charge in [-0.2, -0.15) is 15.0 Å². The van der Waals surface area contributed by atoms with Gasteiger partial charge in [-0.3, -0.25) is 0 Å². The molecule has 0 spiro atoms. The first-order valence-electron chi connectivity index (χ1n) is 7.06. The molecule has 2 aromatic heterocycles. The van der Waals surface area contributed by atoms with Crippen LogP contribution in [-0.4, -0.2) is 25.0 Å². The smallest absolute Gasteiger partial charge is 0.123 e. The molecule has 2 N–H and O–H groups in total. The van der Waals surface area contributed by atoms with Gasteiger partial charge in [-0.25, -0.2) is 4.98 Å². The van der Waals surface area contributed by atoms with Crippen molar-refractivity contribution < 1.29 is 0 Å². The van der Waals surface area contributed by atoms with Gasteiger partial charge in [-0.1, -0.05) is 25.1 Å². The summed E-state index contributed by atoms with van der Waals surface area (Å²) in [4.78, 5) is 9.08. The van der Waals surface area contributed by atoms with Crippen LogP contribution in [0.2, 0.25) is 0 Å². The first-order chi connectivity index (χ1) is 10.4. The largest absolute Gasteiger partial charge is 0.347 e. The second-order valence-corrected chi connectivity index (χ2v) is 4.78. The highest BCUT2D eigenvalue weighted by Crippen LogP contribution is 2.12. The van der Waals surface area contributed by atoms with E-state index >= 15 is 0 Å². The minimum Gasteiger partial charge on any atom is -0.347 e. The van der Waals surface area contributed by atoms with Gasteiger partial charge in [0.05, 0.1) is 23.6 Å². The summed E-state index contributed by atoms with van der Waals surface area (Å²) >= 11 is 0. The number of hydrogen-bond acceptors (Lipinski definition) is 4. The number of nitrogens with one attached hydrogen (secondary N) is 2. The van der Waals surface area contributed by atoms with Gasteiger partial charge < -0.3 is 10.3 Å². The predicted molar refractivity (Wildman–Crippen MR) is 79.8 cm³/mol. The van der Waals surface area contributed by atoms with Gasteiger partial charge in [-0.15, -0.1) is 0 Å². The highest BCUT2D eigenvalue weighted by atomic mass is 15.5. The van der Waals surface area contributed by atoms with Crippen LogP contribution in [-0.2, 0) is 6.54 Å². The minimum absolute atomic E-state index is 0.196. The molecule has 3 rings (SSSR count). The molecule has 1 unspecified atom stereocenters. The van der Waals surface area contributed by atoms with Crippen LogP contribution < -0.4 is 5.32 Å². The summed E-state index contributed by atoms with van der Waals surface area (Å²) in [5, 5.41) is 12.2. The molecule has 108 valence electrons. The maximum atomic E-state index is 4.48. The van der Waals surface area contributed by atoms with Crippen molar-refractivity contribution in [2.45, 2.75) is 25.9 Å². The summed E-state index contributed by atoms with van der Waals surface area (Å²) < 4.78 is 0. The summed E-state index contributed by atoms with van der Waals surface area (Å²) in [6.45, 7) is 2.78. The number of rotatable bonds is 6. The molecule has 6 heteroatoms. The Morgan fingerprint density at radius 1 is 1.29 bits per heavy atom. The van der Waals surface area contributed by atoms with Gasteiger partial charge >= 0.3 is 0 Å². The predicted octanol–water partition coefficient (Wildman–Crippen LogP) is 2.23. The van der Waals surface area contributed by atoms with Gasteiger partial charge in [0.15, 0.2) is 0 Å². The van der Waals surface area contributed by atoms with E-state index in [9.17, 15) is 0 Å². The number of para-hydroxylation sites is 1. The molecule has 0 bridgehead atoms. The van der Waals surface area contributed by atoms with E-state index < -0.39 is 0 Å². The topological polar surface area (TPSA) is 71.4 Å². The van der Waals surface area contributed by atoms with Gasteiger partial charge in [0, 0.05) is 18.9 Å². The van der Waals surface area contributed by atoms with Crippen molar-refractivity contribution in [1.29, 1.82) is 0 Å². The van der Waals surface area contributed by atoms with Crippen molar-refractivity contribution >= 4 is 0 Å². The van der Waals surface area contributed by atoms with Crippen molar-refractivity contribution in [3.63, 3.8) is 0 Å². The lowest BCUT2D eigenvalue weighted by Crippen LogP contribution is -2.21. The molecule has 0 saturated heterocycles. The number of aromatic nitrogens is 5. The van der Waals surface area contributed by atoms with E-state index in [-0.39, 0.29) is 6.04 Å². The van der Waals surface area contributed by atoms with Crippen LogP contribution in [0.5, 0.6) is 0 Å². The quantitative estimate of drug-likeness (QED) is 0.727. The maximum absolute atomic E-state index is 4.48. The average molecular weight is 282 g/mol. The van der Waals surface area contributed by atoms with Crippen LogP contribution in [0, 0.1) is 0 Å². The molecule has 3 aromatic rings. The molecular weight excluding hydrogens is 264 g/mol. The monoisotopic (exact) mass is 282 g/mol. The van der Waals surface area contributed by atoms with Gasteiger partial charge in [0.2, 0.25) is 0 Å². The molecular formula is C15H18N6. The Hall–Kier alpha value is -2.47. The van der Waals surface area contributed by atoms with Crippen LogP contribution in [0.4, 0.5) is 0 Å². The van der Waals surface area contributed by atoms with Crippen molar-refractivity contribution in [3.8, 4) is 5.69 Å². The first-order valence-corrected chi connectivity index (χ1v) is 7.06. The molecule has 1 atom stereocenters. The second kappa shape index (κ2) is 6.32. The molecule has 21 heavy (non-hydrogen) atoms. The van der Waals surface area contributed by atoms with E-state index in [1.165, 1.54) is 0 Å². The fourth-order valence-corrected chi connectivity index (χ4v) is 2.19. The van der Waals surface area contributed by atoms with Crippen LogP contribution in [0.25, 0.3) is 5.69 Å². The normalized spacial score (nSPS) is 12.4. The lowest BCUT2D eigenvalue weighted by atomic mass is 10.2. The van der Waals surface area contributed by atoms with E-state index in [2.05, 4.69) is 32.4 Å². The summed E-state index contributed by atoms with van der Waals surface area (Å²) in [5.41, 5.74) is 1.87. The summed E-state index contributed by atoms with van der Waals surface area (Å²) in [6, 6.07) is 10.1. The van der Waals surface area contributed by atoms with Crippen LogP contribution >= 0.6 is 0 Å². The highest BCUT2D eigenvalue weighted by molar-refractivity contribution is 5.28. The minimum atomic E-state index is 0.196. The van der Waals surface area contributed by atoms with Crippen molar-refractivity contribution in [2.75, 3.05) is 0 Å². The summed E-state index contributed by atoms with van der Waals surface area (Å²) in [6.07, 6.45) is 6.35. The SMILES string of the molecule is CCC(NCc1cnn(-c2ccccc2)n1)c1ncc[nH]1. The number of H-pyrrole nitrogens is 1. The van der Waals surface area contributed by atoms with Crippen molar-refractivity contribution in [1.82, 2.24) is 30.3 Å². The van der Waals surface area contributed by atoms with Crippen LogP contribution in [0.15, 0.2) is 48.9 Å². The molecule has 0 saturated carbocycles. The van der Waals surface area contributed by atoms with Crippen LogP contribution in [0.3, 0.4) is 0 Å². The third kappa shape index (κ3) is 3.17. The number of benzene rings is 1. The van der Waals surface area contributed by atoms with Gasteiger partial charge in [-0.05, 0) is 18.6 Å². The van der Waals surface area contributed by atoms with E-state index in [1.807, 2.05) is 36.5 Å². The molecule has 0 aliphatic rings. The molecule has 6 nitrogen and oxygen atoms in total. The number of imidazole rings is 1. The zero-order chi connectivity index (χ0) is 14.5. The molecule has 1 aromatic carbocycles. The summed E-state index contributed by atoms with van der Waals surface area (Å²) in [5.74, 6) is 0.952. The number of nitrogens with zero attached hydrogens (tertiary/aromatic N) is 4. The molecule has 2 heterocycles. The fourth-order valence-electron chi connectivity index (χ4n) is 2.19. The zero-order valence-electron chi connectivity index (χ0n) is 11.9. The molecule has 0 aliphatic carbocycles. The lowest BCUT2D eigenvalue weighted by Gasteiger charge is -2.13. The third-order valence-corrected chi connectivity index (χ3v) is 3.31. The van der Waals surface area contributed by atoms with Gasteiger partial charge in [0.1, 0.15) is 5.82 Å². The Balaban J connectivity index is 1.65. The molecule has 0 fully saturated rings. The molecule has 0 amide bonds. The second-order valence-electron chi connectivity index (χ2n) is 4.78. The van der Waals surface area contributed by atoms with Crippen molar-refractivity contribution in [3.05, 3.63) is 60.4 Å². The molecule has 0 radical (unpaired) electrons. The van der Waals surface area contributed by atoms with Crippen LogP contribution in [0.1, 0.15) is 30.9 Å². The standard InChI is InChI=1S/C15H18N6/c1-2-14(15-16-8-9-17-15)18-10-12-11-19-21(20-12)13-6-4-3-5-7-13/h3-9,11,14,18H,2,10H2,1H3,(H,16,17). The first kappa shape index (κ1) is 13.5. The Bertz CT molecular complexity index is 659. The Kier molecular flexibility index (Phi) is 4.07. The number of aromatic amines is 1. The fraction of sp³-hybridized carbons (Fsp3) is 0.267. The highest BCUT2D eigenvalue weighted by Gasteiger charge is 2.11. The average Bonchev–Trinajstić information content (AvgIpc) is 3.20. The van der Waals surface area contributed by atoms with E-state index in [1.54, 1.807) is 17.2 Å². The molecule has 0 aliphatic heterocycles. The van der Waals surface area contributed by atoms with E-state index in [4.69, 9.17) is 0 Å². The van der Waals surface area contributed by atoms with E-state index in [0.717, 1.165) is 23.6 Å². The Morgan fingerprint density at radius 2 is 2.14 bits per heavy atom. The maximum Gasteiger partial charge on any atom is 0.123 e. The summed E-state index contributed by atoms with van der Waals surface area (Å²) in [7, 11) is 0. The third-order valence-electron chi connectivity index (χ3n) is 3.31. The van der Waals surface area contributed by atoms with Crippen molar-refractivity contribution in [2.24, 2.45) is 0 Å². The Labute approximate surface area is 123 Å². The number of hydrogen-bond donors (Lipinski definition) is 2. The van der Waals surface area contributed by atoms with E-state index in [0.29, 0.717) is 6.54 Å². The Morgan fingerprint density at radius 3 is 2.86 bits per heavy atom.